The minimum atomic E-state index is -0.466. The largest absolute Gasteiger partial charge is 0.464 e. The van der Waals surface area contributed by atoms with Gasteiger partial charge in [-0.05, 0) is 37.3 Å². The van der Waals surface area contributed by atoms with Crippen molar-refractivity contribution in [3.05, 3.63) is 45.4 Å². The molecule has 146 valence electrons. The number of thiazole rings is 1. The molecule has 7 heteroatoms. The predicted molar refractivity (Wildman–Crippen MR) is 108 cm³/mol. The number of rotatable bonds is 7. The van der Waals surface area contributed by atoms with E-state index in [0.29, 0.717) is 24.0 Å². The molecule has 0 spiro atoms. The number of hydrogen-bond donors (Lipinski definition) is 1. The number of amides is 2. The minimum Gasteiger partial charge on any atom is -0.464 e. The van der Waals surface area contributed by atoms with Crippen LogP contribution in [0.25, 0.3) is 0 Å². The molecule has 0 radical (unpaired) electrons. The van der Waals surface area contributed by atoms with Crippen LogP contribution in [-0.2, 0) is 11.3 Å². The number of ether oxygens (including phenoxy) is 1. The van der Waals surface area contributed by atoms with Crippen LogP contribution in [0, 0.1) is 19.8 Å². The van der Waals surface area contributed by atoms with Crippen molar-refractivity contribution < 1.29 is 14.3 Å². The Morgan fingerprint density at radius 2 is 1.93 bits per heavy atom. The van der Waals surface area contributed by atoms with Crippen molar-refractivity contribution in [1.29, 1.82) is 0 Å². The van der Waals surface area contributed by atoms with E-state index < -0.39 is 5.97 Å². The van der Waals surface area contributed by atoms with Crippen molar-refractivity contribution in [3.8, 4) is 0 Å². The SMILES string of the molecule is COC(=O)c1csc(CN(CCC(C)C)C(=O)Nc2c(C)cccc2C)n1. The molecule has 1 N–H and O–H groups in total. The van der Waals surface area contributed by atoms with Gasteiger partial charge >= 0.3 is 12.0 Å². The Morgan fingerprint density at radius 1 is 1.26 bits per heavy atom. The number of hydrogen-bond acceptors (Lipinski definition) is 5. The molecule has 27 heavy (non-hydrogen) atoms. The number of para-hydroxylation sites is 1. The van der Waals surface area contributed by atoms with Gasteiger partial charge in [0.1, 0.15) is 5.01 Å². The molecule has 2 rings (SSSR count). The van der Waals surface area contributed by atoms with Crippen LogP contribution in [0.4, 0.5) is 10.5 Å². The second kappa shape index (κ2) is 9.50. The number of methoxy groups -OCH3 is 1. The third-order valence-corrected chi connectivity index (χ3v) is 5.08. The summed E-state index contributed by atoms with van der Waals surface area (Å²) in [5, 5.41) is 5.40. The number of nitrogens with zero attached hydrogens (tertiary/aromatic N) is 2. The molecule has 0 aliphatic rings. The topological polar surface area (TPSA) is 71.5 Å². The lowest BCUT2D eigenvalue weighted by atomic mass is 10.1. The van der Waals surface area contributed by atoms with Crippen LogP contribution < -0.4 is 5.32 Å². The smallest absolute Gasteiger partial charge is 0.357 e. The lowest BCUT2D eigenvalue weighted by Crippen LogP contribution is -2.36. The quantitative estimate of drug-likeness (QED) is 0.701. The van der Waals surface area contributed by atoms with Crippen molar-refractivity contribution in [2.45, 2.75) is 40.7 Å². The van der Waals surface area contributed by atoms with Crippen LogP contribution in [0.5, 0.6) is 0 Å². The molecule has 0 aliphatic carbocycles. The molecule has 1 aromatic carbocycles. The van der Waals surface area contributed by atoms with Gasteiger partial charge in [0.05, 0.1) is 13.7 Å². The van der Waals surface area contributed by atoms with Crippen LogP contribution in [-0.4, -0.2) is 35.5 Å². The fourth-order valence-electron chi connectivity index (χ4n) is 2.61. The molecule has 6 nitrogen and oxygen atoms in total. The highest BCUT2D eigenvalue weighted by atomic mass is 32.1. The first kappa shape index (κ1) is 20.9. The minimum absolute atomic E-state index is 0.164. The van der Waals surface area contributed by atoms with E-state index in [0.717, 1.165) is 23.2 Å². The number of aryl methyl sites for hydroxylation is 2. The van der Waals surface area contributed by atoms with Gasteiger partial charge in [0.25, 0.3) is 0 Å². The first-order valence-electron chi connectivity index (χ1n) is 8.96. The average Bonchev–Trinajstić information content (AvgIpc) is 3.09. The van der Waals surface area contributed by atoms with E-state index in [1.165, 1.54) is 18.4 Å². The fourth-order valence-corrected chi connectivity index (χ4v) is 3.39. The Morgan fingerprint density at radius 3 is 2.52 bits per heavy atom. The number of aromatic nitrogens is 1. The van der Waals surface area contributed by atoms with Crippen LogP contribution >= 0.6 is 11.3 Å². The molecule has 0 atom stereocenters. The third-order valence-electron chi connectivity index (χ3n) is 4.25. The van der Waals surface area contributed by atoms with Crippen molar-refractivity contribution in [2.75, 3.05) is 19.0 Å². The maximum atomic E-state index is 12.9. The molecule has 0 bridgehead atoms. The van der Waals surface area contributed by atoms with Crippen molar-refractivity contribution >= 4 is 29.0 Å². The lowest BCUT2D eigenvalue weighted by Gasteiger charge is -2.24. The van der Waals surface area contributed by atoms with Crippen LogP contribution in [0.1, 0.15) is 46.9 Å². The number of urea groups is 1. The lowest BCUT2D eigenvalue weighted by molar-refractivity contribution is 0.0594. The van der Waals surface area contributed by atoms with Gasteiger partial charge in [-0.1, -0.05) is 32.0 Å². The Kier molecular flexibility index (Phi) is 7.36. The van der Waals surface area contributed by atoms with Crippen LogP contribution in [0.2, 0.25) is 0 Å². The molecule has 1 heterocycles. The van der Waals surface area contributed by atoms with Gasteiger partial charge in [0.2, 0.25) is 0 Å². The molecule has 0 saturated carbocycles. The van der Waals surface area contributed by atoms with Crippen LogP contribution in [0.3, 0.4) is 0 Å². The molecule has 1 aromatic heterocycles. The number of benzene rings is 1. The second-order valence-corrected chi connectivity index (χ2v) is 7.86. The summed E-state index contributed by atoms with van der Waals surface area (Å²) in [6, 6.07) is 5.76. The van der Waals surface area contributed by atoms with E-state index in [2.05, 4.69) is 24.1 Å². The first-order valence-corrected chi connectivity index (χ1v) is 9.84. The zero-order valence-corrected chi connectivity index (χ0v) is 17.4. The van der Waals surface area contributed by atoms with Gasteiger partial charge in [0.15, 0.2) is 5.69 Å². The van der Waals surface area contributed by atoms with E-state index in [4.69, 9.17) is 4.74 Å². The van der Waals surface area contributed by atoms with E-state index in [1.807, 2.05) is 32.0 Å². The highest BCUT2D eigenvalue weighted by Gasteiger charge is 2.19. The third kappa shape index (κ3) is 5.79. The average molecular weight is 390 g/mol. The standard InChI is InChI=1S/C20H27N3O3S/c1-13(2)9-10-23(11-17-21-16(12-27-17)19(24)26-5)20(25)22-18-14(3)7-6-8-15(18)4/h6-8,12-13H,9-11H2,1-5H3,(H,22,25). The Bertz CT molecular complexity index is 781. The fraction of sp³-hybridized carbons (Fsp3) is 0.450. The zero-order valence-electron chi connectivity index (χ0n) is 16.5. The Labute approximate surface area is 164 Å². The van der Waals surface area contributed by atoms with Crippen molar-refractivity contribution in [1.82, 2.24) is 9.88 Å². The number of esters is 1. The number of carbonyl (C=O) groups excluding carboxylic acids is 2. The van der Waals surface area contributed by atoms with Crippen molar-refractivity contribution in [3.63, 3.8) is 0 Å². The summed E-state index contributed by atoms with van der Waals surface area (Å²) in [4.78, 5) is 30.6. The summed E-state index contributed by atoms with van der Waals surface area (Å²) in [5.74, 6) is 0.00800. The van der Waals surface area contributed by atoms with Gasteiger partial charge in [-0.15, -0.1) is 11.3 Å². The Balaban J connectivity index is 2.16. The maximum Gasteiger partial charge on any atom is 0.357 e. The van der Waals surface area contributed by atoms with Gasteiger partial charge in [-0.3, -0.25) is 0 Å². The monoisotopic (exact) mass is 389 g/mol. The van der Waals surface area contributed by atoms with Crippen LogP contribution in [0.15, 0.2) is 23.6 Å². The summed E-state index contributed by atoms with van der Waals surface area (Å²) in [6.45, 7) is 9.17. The molecule has 0 aliphatic heterocycles. The molecule has 2 aromatic rings. The van der Waals surface area contributed by atoms with E-state index in [1.54, 1.807) is 10.3 Å². The van der Waals surface area contributed by atoms with E-state index in [9.17, 15) is 9.59 Å². The number of nitrogens with one attached hydrogen (secondary N) is 1. The van der Waals surface area contributed by atoms with Gasteiger partial charge < -0.3 is 15.0 Å². The van der Waals surface area contributed by atoms with Gasteiger partial charge in [0, 0.05) is 17.6 Å². The predicted octanol–water partition coefficient (Wildman–Crippen LogP) is 4.63. The molecule has 0 unspecified atom stereocenters. The first-order chi connectivity index (χ1) is 12.8. The van der Waals surface area contributed by atoms with E-state index in [-0.39, 0.29) is 11.7 Å². The van der Waals surface area contributed by atoms with Crippen molar-refractivity contribution in [2.24, 2.45) is 5.92 Å². The Hall–Kier alpha value is -2.41. The zero-order chi connectivity index (χ0) is 20.0. The summed E-state index contributed by atoms with van der Waals surface area (Å²) in [6.07, 6.45) is 0.884. The molecule has 0 fully saturated rings. The second-order valence-electron chi connectivity index (χ2n) is 6.92. The number of carbonyl (C=O) groups is 2. The maximum absolute atomic E-state index is 12.9. The summed E-state index contributed by atoms with van der Waals surface area (Å²) >= 11 is 1.35. The van der Waals surface area contributed by atoms with Gasteiger partial charge in [-0.2, -0.15) is 0 Å². The summed E-state index contributed by atoms with van der Waals surface area (Å²) < 4.78 is 4.70. The normalized spacial score (nSPS) is 10.7. The molecular weight excluding hydrogens is 362 g/mol. The summed E-state index contributed by atoms with van der Waals surface area (Å²) in [7, 11) is 1.33. The number of anilines is 1. The molecule has 0 saturated heterocycles. The van der Waals surface area contributed by atoms with E-state index >= 15 is 0 Å². The summed E-state index contributed by atoms with van der Waals surface area (Å²) in [5.41, 5.74) is 3.16. The van der Waals surface area contributed by atoms with Gasteiger partial charge in [-0.25, -0.2) is 14.6 Å². The highest BCUT2D eigenvalue weighted by Crippen LogP contribution is 2.21. The molecular formula is C20H27N3O3S. The molecule has 2 amide bonds. The highest BCUT2D eigenvalue weighted by molar-refractivity contribution is 7.09.